The van der Waals surface area contributed by atoms with Gasteiger partial charge < -0.3 is 24.8 Å². The van der Waals surface area contributed by atoms with Gasteiger partial charge in [0.25, 0.3) is 0 Å². The second kappa shape index (κ2) is 7.24. The van der Waals surface area contributed by atoms with E-state index in [0.717, 1.165) is 37.7 Å². The maximum Gasteiger partial charge on any atom is 0.163 e. The highest BCUT2D eigenvalue weighted by Crippen LogP contribution is 2.34. The Balaban J connectivity index is 1.70. The van der Waals surface area contributed by atoms with Crippen LogP contribution in [0.1, 0.15) is 0 Å². The van der Waals surface area contributed by atoms with E-state index in [1.54, 1.807) is 32.5 Å². The summed E-state index contributed by atoms with van der Waals surface area (Å²) in [6.07, 6.45) is 1.77. The predicted molar refractivity (Wildman–Crippen MR) is 103 cm³/mol. The van der Waals surface area contributed by atoms with Crippen molar-refractivity contribution in [3.8, 4) is 22.9 Å². The quantitative estimate of drug-likeness (QED) is 0.749. The zero-order valence-corrected chi connectivity index (χ0v) is 15.3. The van der Waals surface area contributed by atoms with Crippen LogP contribution in [0.2, 0.25) is 0 Å². The molecular weight excluding hydrogens is 346 g/mol. The minimum Gasteiger partial charge on any atom is -0.493 e. The molecule has 1 saturated heterocycles. The molecule has 0 spiro atoms. The standard InChI is InChI=1S/C19H21N5O3/c1-25-15-9-13-14(10-16(15)26-2)22-19(23-18(13)20)12-3-4-17(21-11-12)24-5-7-27-8-6-24/h3-4,9-11H,5-8H2,1-2H3,(H2,20,22,23). The van der Waals surface area contributed by atoms with Crippen LogP contribution in [-0.2, 0) is 4.74 Å². The minimum atomic E-state index is 0.383. The molecule has 1 aliphatic heterocycles. The number of nitrogens with zero attached hydrogens (tertiary/aromatic N) is 4. The lowest BCUT2D eigenvalue weighted by atomic mass is 10.2. The average molecular weight is 367 g/mol. The molecule has 3 heterocycles. The molecule has 0 radical (unpaired) electrons. The lowest BCUT2D eigenvalue weighted by Gasteiger charge is -2.27. The molecule has 0 bridgehead atoms. The van der Waals surface area contributed by atoms with E-state index >= 15 is 0 Å². The number of rotatable bonds is 4. The summed E-state index contributed by atoms with van der Waals surface area (Å²) in [5.74, 6) is 3.00. The van der Waals surface area contributed by atoms with Gasteiger partial charge in [0.05, 0.1) is 33.0 Å². The van der Waals surface area contributed by atoms with Crippen LogP contribution in [0, 0.1) is 0 Å². The van der Waals surface area contributed by atoms with E-state index in [4.69, 9.17) is 19.9 Å². The van der Waals surface area contributed by atoms with Crippen molar-refractivity contribution in [3.05, 3.63) is 30.5 Å². The summed E-state index contributed by atoms with van der Waals surface area (Å²) in [6.45, 7) is 3.12. The Kier molecular flexibility index (Phi) is 4.64. The van der Waals surface area contributed by atoms with Crippen LogP contribution in [-0.4, -0.2) is 55.5 Å². The largest absolute Gasteiger partial charge is 0.493 e. The molecule has 8 heteroatoms. The van der Waals surface area contributed by atoms with Crippen LogP contribution < -0.4 is 20.1 Å². The molecule has 2 aromatic heterocycles. The van der Waals surface area contributed by atoms with Crippen LogP contribution >= 0.6 is 0 Å². The Labute approximate surface area is 156 Å². The third kappa shape index (κ3) is 3.31. The number of methoxy groups -OCH3 is 2. The topological polar surface area (TPSA) is 95.6 Å². The monoisotopic (exact) mass is 367 g/mol. The summed E-state index contributed by atoms with van der Waals surface area (Å²) in [5.41, 5.74) is 7.65. The van der Waals surface area contributed by atoms with E-state index in [0.29, 0.717) is 34.0 Å². The molecule has 0 saturated carbocycles. The Hall–Kier alpha value is -3.13. The Morgan fingerprint density at radius 2 is 1.78 bits per heavy atom. The third-order valence-electron chi connectivity index (χ3n) is 4.57. The predicted octanol–water partition coefficient (Wildman–Crippen LogP) is 2.13. The highest BCUT2D eigenvalue weighted by atomic mass is 16.5. The van der Waals surface area contributed by atoms with E-state index in [9.17, 15) is 0 Å². The molecule has 8 nitrogen and oxygen atoms in total. The number of nitrogen functional groups attached to an aromatic ring is 1. The SMILES string of the molecule is COc1cc2nc(-c3ccc(N4CCOCC4)nc3)nc(N)c2cc1OC. The number of ether oxygens (including phenoxy) is 3. The maximum absolute atomic E-state index is 6.17. The molecule has 0 amide bonds. The molecule has 2 N–H and O–H groups in total. The van der Waals surface area contributed by atoms with E-state index in [-0.39, 0.29) is 0 Å². The molecule has 4 rings (SSSR count). The lowest BCUT2D eigenvalue weighted by Crippen LogP contribution is -2.36. The molecule has 140 valence electrons. The summed E-state index contributed by atoms with van der Waals surface area (Å²) in [5, 5.41) is 0.717. The zero-order chi connectivity index (χ0) is 18.8. The summed E-state index contributed by atoms with van der Waals surface area (Å²) < 4.78 is 16.1. The number of pyridine rings is 1. The van der Waals surface area contributed by atoms with Gasteiger partial charge in [0.15, 0.2) is 17.3 Å². The van der Waals surface area contributed by atoms with Gasteiger partial charge in [-0.25, -0.2) is 15.0 Å². The third-order valence-corrected chi connectivity index (χ3v) is 4.57. The number of fused-ring (bicyclic) bond motifs is 1. The van der Waals surface area contributed by atoms with Crippen LogP contribution in [0.4, 0.5) is 11.6 Å². The second-order valence-electron chi connectivity index (χ2n) is 6.16. The van der Waals surface area contributed by atoms with E-state index in [1.165, 1.54) is 0 Å². The summed E-state index contributed by atoms with van der Waals surface area (Å²) >= 11 is 0. The van der Waals surface area contributed by atoms with Crippen molar-refractivity contribution in [1.82, 2.24) is 15.0 Å². The van der Waals surface area contributed by atoms with E-state index in [2.05, 4.69) is 19.9 Å². The summed E-state index contributed by atoms with van der Waals surface area (Å²) in [6, 6.07) is 7.51. The van der Waals surface area contributed by atoms with Crippen molar-refractivity contribution < 1.29 is 14.2 Å². The Morgan fingerprint density at radius 1 is 1.04 bits per heavy atom. The fourth-order valence-corrected chi connectivity index (χ4v) is 3.11. The first-order chi connectivity index (χ1) is 13.2. The Morgan fingerprint density at radius 3 is 2.44 bits per heavy atom. The van der Waals surface area contributed by atoms with Gasteiger partial charge in [-0.05, 0) is 18.2 Å². The molecule has 1 fully saturated rings. The fraction of sp³-hybridized carbons (Fsp3) is 0.316. The number of hydrogen-bond donors (Lipinski definition) is 1. The summed E-state index contributed by atoms with van der Waals surface area (Å²) in [7, 11) is 3.17. The van der Waals surface area contributed by atoms with Crippen molar-refractivity contribution in [2.75, 3.05) is 51.2 Å². The van der Waals surface area contributed by atoms with Gasteiger partial charge >= 0.3 is 0 Å². The summed E-state index contributed by atoms with van der Waals surface area (Å²) in [4.78, 5) is 15.8. The van der Waals surface area contributed by atoms with Crippen molar-refractivity contribution in [1.29, 1.82) is 0 Å². The van der Waals surface area contributed by atoms with E-state index < -0.39 is 0 Å². The number of benzene rings is 1. The molecule has 3 aromatic rings. The first kappa shape index (κ1) is 17.3. The van der Waals surface area contributed by atoms with Crippen LogP contribution in [0.5, 0.6) is 11.5 Å². The van der Waals surface area contributed by atoms with E-state index in [1.807, 2.05) is 12.1 Å². The van der Waals surface area contributed by atoms with Gasteiger partial charge in [-0.3, -0.25) is 0 Å². The molecule has 0 unspecified atom stereocenters. The Bertz CT molecular complexity index is 956. The van der Waals surface area contributed by atoms with Crippen molar-refractivity contribution >= 4 is 22.5 Å². The molecule has 1 aliphatic rings. The zero-order valence-electron chi connectivity index (χ0n) is 15.3. The second-order valence-corrected chi connectivity index (χ2v) is 6.16. The lowest BCUT2D eigenvalue weighted by molar-refractivity contribution is 0.122. The minimum absolute atomic E-state index is 0.383. The van der Waals surface area contributed by atoms with Gasteiger partial charge in [0.2, 0.25) is 0 Å². The number of aromatic nitrogens is 3. The smallest absolute Gasteiger partial charge is 0.163 e. The maximum atomic E-state index is 6.17. The number of morpholine rings is 1. The molecule has 27 heavy (non-hydrogen) atoms. The first-order valence-electron chi connectivity index (χ1n) is 8.68. The van der Waals surface area contributed by atoms with Crippen molar-refractivity contribution in [3.63, 3.8) is 0 Å². The van der Waals surface area contributed by atoms with Crippen LogP contribution in [0.25, 0.3) is 22.3 Å². The van der Waals surface area contributed by atoms with Gasteiger partial charge in [0, 0.05) is 36.3 Å². The molecule has 0 atom stereocenters. The van der Waals surface area contributed by atoms with Crippen molar-refractivity contribution in [2.24, 2.45) is 0 Å². The van der Waals surface area contributed by atoms with Crippen LogP contribution in [0.3, 0.4) is 0 Å². The number of anilines is 2. The van der Waals surface area contributed by atoms with Gasteiger partial charge in [-0.1, -0.05) is 0 Å². The van der Waals surface area contributed by atoms with Crippen molar-refractivity contribution in [2.45, 2.75) is 0 Å². The average Bonchev–Trinajstić information content (AvgIpc) is 2.73. The highest BCUT2D eigenvalue weighted by molar-refractivity contribution is 5.92. The van der Waals surface area contributed by atoms with Gasteiger partial charge in [-0.2, -0.15) is 0 Å². The fourth-order valence-electron chi connectivity index (χ4n) is 3.11. The molecule has 1 aromatic carbocycles. The number of nitrogens with two attached hydrogens (primary N) is 1. The first-order valence-corrected chi connectivity index (χ1v) is 8.68. The molecular formula is C19H21N5O3. The molecule has 0 aliphatic carbocycles. The van der Waals surface area contributed by atoms with Crippen LogP contribution in [0.15, 0.2) is 30.5 Å². The van der Waals surface area contributed by atoms with Gasteiger partial charge in [0.1, 0.15) is 11.6 Å². The highest BCUT2D eigenvalue weighted by Gasteiger charge is 2.15. The van der Waals surface area contributed by atoms with Gasteiger partial charge in [-0.15, -0.1) is 0 Å². The normalized spacial score (nSPS) is 14.4. The number of hydrogen-bond acceptors (Lipinski definition) is 8.